The zero-order valence-electron chi connectivity index (χ0n) is 36.8. The highest BCUT2D eigenvalue weighted by Crippen LogP contribution is 2.47. The number of aliphatic hydroxyl groups excluding tert-OH is 5. The quantitative estimate of drug-likeness (QED) is 0.0149. The lowest BCUT2D eigenvalue weighted by atomic mass is 9.85. The van der Waals surface area contributed by atoms with Crippen molar-refractivity contribution < 1.29 is 58.3 Å². The van der Waals surface area contributed by atoms with Crippen molar-refractivity contribution in [1.29, 1.82) is 0 Å². The number of rotatable bonds is 39. The van der Waals surface area contributed by atoms with Gasteiger partial charge in [0.2, 0.25) is 0 Å². The molecule has 0 bridgehead atoms. The third-order valence-electron chi connectivity index (χ3n) is 10.8. The van der Waals surface area contributed by atoms with Gasteiger partial charge in [0.15, 0.2) is 0 Å². The SMILES string of the molecule is CC/C=C\C/C=C\C/C=C\CCCCCCOCC(COP(=O)(O)OC1C(O)C(O)C(O)C(O)C1O)OC(=O)CCCCCCCCCCCCCCCCCCCC. The average molecular weight is 861 g/mol. The summed E-state index contributed by atoms with van der Waals surface area (Å²) in [6.07, 6.45) is 30.7. The predicted molar refractivity (Wildman–Crippen MR) is 235 cm³/mol. The van der Waals surface area contributed by atoms with Crippen LogP contribution in [0.2, 0.25) is 0 Å². The van der Waals surface area contributed by atoms with Gasteiger partial charge < -0.3 is 39.9 Å². The second-order valence-corrected chi connectivity index (χ2v) is 17.6. The highest BCUT2D eigenvalue weighted by Gasteiger charge is 2.51. The maximum absolute atomic E-state index is 12.8. The van der Waals surface area contributed by atoms with E-state index in [1.165, 1.54) is 89.9 Å². The molecule has 13 heteroatoms. The molecule has 1 rings (SSSR count). The monoisotopic (exact) mass is 861 g/mol. The maximum atomic E-state index is 12.8. The molecular formula is C46H85O12P. The third kappa shape index (κ3) is 29.5. The van der Waals surface area contributed by atoms with E-state index < -0.39 is 63.1 Å². The first-order valence-electron chi connectivity index (χ1n) is 23.3. The second kappa shape index (κ2) is 37.1. The van der Waals surface area contributed by atoms with Crippen LogP contribution in [-0.2, 0) is 27.9 Å². The van der Waals surface area contributed by atoms with Crippen LogP contribution in [0.3, 0.4) is 0 Å². The molecule has 1 aliphatic carbocycles. The van der Waals surface area contributed by atoms with E-state index in [0.29, 0.717) is 13.0 Å². The lowest BCUT2D eigenvalue weighted by molar-refractivity contribution is -0.220. The number of hydrogen-bond acceptors (Lipinski definition) is 11. The first-order valence-corrected chi connectivity index (χ1v) is 24.8. The molecule has 0 radical (unpaired) electrons. The Kier molecular flexibility index (Phi) is 35.0. The van der Waals surface area contributed by atoms with Gasteiger partial charge in [0.25, 0.3) is 0 Å². The highest BCUT2D eigenvalue weighted by molar-refractivity contribution is 7.47. The van der Waals surface area contributed by atoms with E-state index in [4.69, 9.17) is 18.5 Å². The van der Waals surface area contributed by atoms with Crippen molar-refractivity contribution in [2.75, 3.05) is 19.8 Å². The first kappa shape index (κ1) is 55.6. The zero-order chi connectivity index (χ0) is 43.4. The Hall–Kier alpha value is -1.44. The van der Waals surface area contributed by atoms with E-state index in [2.05, 4.69) is 50.3 Å². The number of aliphatic hydroxyl groups is 5. The average Bonchev–Trinajstić information content (AvgIpc) is 3.22. The molecule has 1 fully saturated rings. The highest BCUT2D eigenvalue weighted by atomic mass is 31.2. The van der Waals surface area contributed by atoms with Crippen LogP contribution >= 0.6 is 7.82 Å². The Morgan fingerprint density at radius 2 is 1.00 bits per heavy atom. The van der Waals surface area contributed by atoms with Crippen LogP contribution in [0.4, 0.5) is 0 Å². The molecule has 59 heavy (non-hydrogen) atoms. The van der Waals surface area contributed by atoms with Crippen molar-refractivity contribution in [1.82, 2.24) is 0 Å². The van der Waals surface area contributed by atoms with Gasteiger partial charge in [-0.15, -0.1) is 0 Å². The van der Waals surface area contributed by atoms with Gasteiger partial charge in [-0.05, 0) is 44.9 Å². The molecule has 0 aromatic heterocycles. The van der Waals surface area contributed by atoms with Crippen LogP contribution in [0.25, 0.3) is 0 Å². The maximum Gasteiger partial charge on any atom is 0.472 e. The smallest absolute Gasteiger partial charge is 0.457 e. The lowest BCUT2D eigenvalue weighted by Crippen LogP contribution is -2.64. The summed E-state index contributed by atoms with van der Waals surface area (Å²) in [7, 11) is -5.02. The number of phosphoric acid groups is 1. The molecule has 346 valence electrons. The van der Waals surface area contributed by atoms with Crippen molar-refractivity contribution in [3.8, 4) is 0 Å². The molecule has 0 heterocycles. The molecule has 0 aromatic carbocycles. The van der Waals surface area contributed by atoms with Crippen molar-refractivity contribution in [3.05, 3.63) is 36.5 Å². The van der Waals surface area contributed by atoms with Crippen LogP contribution in [0.1, 0.15) is 187 Å². The summed E-state index contributed by atoms with van der Waals surface area (Å²) in [6.45, 7) is 4.11. The molecule has 1 saturated carbocycles. The fourth-order valence-electron chi connectivity index (χ4n) is 7.08. The van der Waals surface area contributed by atoms with Crippen molar-refractivity contribution in [2.24, 2.45) is 0 Å². The molecular weight excluding hydrogens is 775 g/mol. The number of carbonyl (C=O) groups is 1. The molecule has 6 atom stereocenters. The van der Waals surface area contributed by atoms with Gasteiger partial charge in [-0.25, -0.2) is 4.57 Å². The van der Waals surface area contributed by atoms with Gasteiger partial charge in [-0.1, -0.05) is 172 Å². The van der Waals surface area contributed by atoms with E-state index in [1.54, 1.807) is 0 Å². The number of phosphoric ester groups is 1. The summed E-state index contributed by atoms with van der Waals surface area (Å²) in [5.41, 5.74) is 0. The molecule has 6 N–H and O–H groups in total. The van der Waals surface area contributed by atoms with E-state index in [0.717, 1.165) is 70.6 Å². The lowest BCUT2D eigenvalue weighted by Gasteiger charge is -2.41. The molecule has 12 nitrogen and oxygen atoms in total. The summed E-state index contributed by atoms with van der Waals surface area (Å²) >= 11 is 0. The summed E-state index contributed by atoms with van der Waals surface area (Å²) in [5, 5.41) is 50.2. The number of allylic oxidation sites excluding steroid dienone is 6. The standard InChI is InChI=1S/C46H85O12P/c1-3-5-7-9-11-13-15-17-19-20-21-22-23-25-27-29-31-33-35-40(47)57-39(37-55-36-34-32-30-28-26-24-18-16-14-12-10-8-6-4-2)38-56-59(53,54)58-46-44(51)42(49)41(48)43(50)45(46)52/h6,8,12,14,18,24,39,41-46,48-52H,3-5,7,9-11,13,15-17,19-23,25-38H2,1-2H3,(H,53,54)/b8-6-,14-12-,24-18-. The Morgan fingerprint density at radius 3 is 1.53 bits per heavy atom. The van der Waals surface area contributed by atoms with Gasteiger partial charge in [0.05, 0.1) is 13.2 Å². The fraction of sp³-hybridized carbons (Fsp3) is 0.848. The van der Waals surface area contributed by atoms with Crippen LogP contribution in [0.5, 0.6) is 0 Å². The van der Waals surface area contributed by atoms with E-state index in [9.17, 15) is 39.8 Å². The number of ether oxygens (including phenoxy) is 2. The van der Waals surface area contributed by atoms with Crippen LogP contribution in [0.15, 0.2) is 36.5 Å². The molecule has 0 saturated heterocycles. The van der Waals surface area contributed by atoms with E-state index >= 15 is 0 Å². The van der Waals surface area contributed by atoms with Crippen LogP contribution < -0.4 is 0 Å². The first-order chi connectivity index (χ1) is 28.5. The van der Waals surface area contributed by atoms with E-state index in [1.807, 2.05) is 0 Å². The zero-order valence-corrected chi connectivity index (χ0v) is 37.7. The Morgan fingerprint density at radius 1 is 0.559 bits per heavy atom. The predicted octanol–water partition coefficient (Wildman–Crippen LogP) is 9.48. The second-order valence-electron chi connectivity index (χ2n) is 16.2. The topological polar surface area (TPSA) is 192 Å². The molecule has 0 aliphatic heterocycles. The molecule has 0 spiro atoms. The fourth-order valence-corrected chi connectivity index (χ4v) is 8.05. The van der Waals surface area contributed by atoms with Gasteiger partial charge in [0.1, 0.15) is 42.7 Å². The minimum atomic E-state index is -5.02. The number of carbonyl (C=O) groups excluding carboxylic acids is 1. The minimum Gasteiger partial charge on any atom is -0.457 e. The summed E-state index contributed by atoms with van der Waals surface area (Å²) in [4.78, 5) is 23.2. The number of esters is 1. The minimum absolute atomic E-state index is 0.0896. The summed E-state index contributed by atoms with van der Waals surface area (Å²) < 4.78 is 34.2. The van der Waals surface area contributed by atoms with Crippen molar-refractivity contribution in [2.45, 2.75) is 230 Å². The van der Waals surface area contributed by atoms with Gasteiger partial charge in [-0.3, -0.25) is 13.8 Å². The van der Waals surface area contributed by atoms with Gasteiger partial charge >= 0.3 is 13.8 Å². The Balaban J connectivity index is 2.39. The largest absolute Gasteiger partial charge is 0.472 e. The van der Waals surface area contributed by atoms with Gasteiger partial charge in [-0.2, -0.15) is 0 Å². The normalized spacial score (nSPS) is 22.8. The molecule has 0 amide bonds. The van der Waals surface area contributed by atoms with Gasteiger partial charge in [0, 0.05) is 13.0 Å². The van der Waals surface area contributed by atoms with Crippen molar-refractivity contribution >= 4 is 13.8 Å². The molecule has 6 unspecified atom stereocenters. The number of hydrogen-bond donors (Lipinski definition) is 6. The third-order valence-corrected chi connectivity index (χ3v) is 11.8. The summed E-state index contributed by atoms with van der Waals surface area (Å²) in [6, 6.07) is 0. The van der Waals surface area contributed by atoms with E-state index in [-0.39, 0.29) is 13.0 Å². The van der Waals surface area contributed by atoms with Crippen LogP contribution in [-0.4, -0.2) is 98.9 Å². The Labute approximate surface area is 357 Å². The summed E-state index contributed by atoms with van der Waals surface area (Å²) in [5.74, 6) is -0.484. The van der Waals surface area contributed by atoms with Crippen LogP contribution in [0, 0.1) is 0 Å². The number of unbranched alkanes of at least 4 members (excludes halogenated alkanes) is 21. The molecule has 1 aliphatic rings. The van der Waals surface area contributed by atoms with Crippen molar-refractivity contribution in [3.63, 3.8) is 0 Å². The molecule has 0 aromatic rings. The Bertz CT molecular complexity index is 1120.